The maximum atomic E-state index is 14.5. The minimum Gasteiger partial charge on any atom is -0.492 e. The molecule has 0 fully saturated rings. The van der Waals surface area contributed by atoms with Gasteiger partial charge in [0.25, 0.3) is 10.0 Å². The van der Waals surface area contributed by atoms with E-state index in [2.05, 4.69) is 5.32 Å². The third-order valence-electron chi connectivity index (χ3n) is 7.44. The molecule has 0 spiro atoms. The topological polar surface area (TPSA) is 96.0 Å². The van der Waals surface area contributed by atoms with Crippen molar-refractivity contribution in [1.82, 2.24) is 10.2 Å². The number of rotatable bonds is 13. The summed E-state index contributed by atoms with van der Waals surface area (Å²) in [7, 11) is -2.70. The summed E-state index contributed by atoms with van der Waals surface area (Å²) < 4.78 is 35.4. The normalized spacial score (nSPS) is 11.8. The third-order valence-corrected chi connectivity index (χ3v) is 9.22. The van der Waals surface area contributed by atoms with Crippen molar-refractivity contribution in [3.8, 4) is 5.75 Å². The summed E-state index contributed by atoms with van der Waals surface area (Å²) in [4.78, 5) is 29.4. The molecule has 0 aliphatic heterocycles. The van der Waals surface area contributed by atoms with Gasteiger partial charge in [0, 0.05) is 20.0 Å². The molecule has 230 valence electrons. The van der Waals surface area contributed by atoms with Crippen molar-refractivity contribution in [2.24, 2.45) is 0 Å². The number of anilines is 1. The molecular formula is C35H39N3O5S. The van der Waals surface area contributed by atoms with Gasteiger partial charge in [0.05, 0.1) is 17.2 Å². The van der Waals surface area contributed by atoms with Crippen LogP contribution in [0.5, 0.6) is 5.75 Å². The molecule has 0 bridgehead atoms. The quantitative estimate of drug-likeness (QED) is 0.221. The highest BCUT2D eigenvalue weighted by Crippen LogP contribution is 2.33. The summed E-state index contributed by atoms with van der Waals surface area (Å²) in [6.45, 7) is 5.49. The second-order valence-electron chi connectivity index (χ2n) is 10.5. The molecule has 0 radical (unpaired) electrons. The highest BCUT2D eigenvalue weighted by atomic mass is 32.2. The minimum atomic E-state index is -4.23. The zero-order valence-electron chi connectivity index (χ0n) is 25.6. The number of benzene rings is 4. The number of carbonyl (C=O) groups is 2. The van der Waals surface area contributed by atoms with E-state index in [0.29, 0.717) is 12.4 Å². The van der Waals surface area contributed by atoms with Gasteiger partial charge in [-0.3, -0.25) is 13.9 Å². The highest BCUT2D eigenvalue weighted by Gasteiger charge is 2.35. The average Bonchev–Trinajstić information content (AvgIpc) is 3.03. The largest absolute Gasteiger partial charge is 0.492 e. The number of nitrogens with one attached hydrogen (secondary N) is 1. The van der Waals surface area contributed by atoms with Gasteiger partial charge in [-0.1, -0.05) is 84.4 Å². The second-order valence-corrected chi connectivity index (χ2v) is 12.4. The van der Waals surface area contributed by atoms with Crippen LogP contribution in [0.3, 0.4) is 0 Å². The predicted molar refractivity (Wildman–Crippen MR) is 173 cm³/mol. The number of ether oxygens (including phenoxy) is 1. The van der Waals surface area contributed by atoms with E-state index in [-0.39, 0.29) is 29.5 Å². The molecular weight excluding hydrogens is 574 g/mol. The van der Waals surface area contributed by atoms with Crippen molar-refractivity contribution >= 4 is 27.5 Å². The molecule has 1 atom stereocenters. The van der Waals surface area contributed by atoms with Crippen molar-refractivity contribution in [2.45, 2.75) is 44.7 Å². The Morgan fingerprint density at radius 3 is 2.14 bits per heavy atom. The third kappa shape index (κ3) is 7.65. The van der Waals surface area contributed by atoms with Crippen LogP contribution < -0.4 is 14.4 Å². The minimum absolute atomic E-state index is 0.0415. The van der Waals surface area contributed by atoms with E-state index in [1.807, 2.05) is 75.4 Å². The van der Waals surface area contributed by atoms with Crippen molar-refractivity contribution in [2.75, 3.05) is 24.5 Å². The molecule has 0 unspecified atom stereocenters. The summed E-state index contributed by atoms with van der Waals surface area (Å²) in [5.41, 5.74) is 3.81. The Morgan fingerprint density at radius 1 is 0.841 bits per heavy atom. The van der Waals surface area contributed by atoms with Gasteiger partial charge >= 0.3 is 0 Å². The summed E-state index contributed by atoms with van der Waals surface area (Å²) in [5, 5.41) is 2.71. The van der Waals surface area contributed by atoms with Crippen LogP contribution in [0.25, 0.3) is 0 Å². The fourth-order valence-corrected chi connectivity index (χ4v) is 6.41. The number of likely N-dealkylation sites (N-methyl/N-ethyl adjacent to an activating group) is 1. The number of sulfonamides is 1. The van der Waals surface area contributed by atoms with Gasteiger partial charge in [0.2, 0.25) is 11.8 Å². The van der Waals surface area contributed by atoms with Crippen LogP contribution in [-0.2, 0) is 32.6 Å². The van der Waals surface area contributed by atoms with Gasteiger partial charge in [0.15, 0.2) is 0 Å². The first-order valence-corrected chi connectivity index (χ1v) is 16.0. The summed E-state index contributed by atoms with van der Waals surface area (Å²) in [6.07, 6.45) is 0.248. The van der Waals surface area contributed by atoms with E-state index in [1.165, 1.54) is 24.1 Å². The summed E-state index contributed by atoms with van der Waals surface area (Å²) >= 11 is 0. The molecule has 8 nitrogen and oxygen atoms in total. The Bertz CT molecular complexity index is 1670. The van der Waals surface area contributed by atoms with E-state index in [9.17, 15) is 18.0 Å². The van der Waals surface area contributed by atoms with Crippen LogP contribution >= 0.6 is 0 Å². The molecule has 0 saturated heterocycles. The van der Waals surface area contributed by atoms with Crippen LogP contribution in [0.2, 0.25) is 0 Å². The van der Waals surface area contributed by atoms with Crippen LogP contribution in [0, 0.1) is 13.8 Å². The number of para-hydroxylation sites is 2. The number of carbonyl (C=O) groups excluding carboxylic acids is 2. The highest BCUT2D eigenvalue weighted by molar-refractivity contribution is 7.92. The first-order valence-electron chi connectivity index (χ1n) is 14.6. The fraction of sp³-hybridized carbons (Fsp3) is 0.257. The molecule has 4 rings (SSSR count). The molecule has 4 aromatic carbocycles. The van der Waals surface area contributed by atoms with Gasteiger partial charge < -0.3 is 15.0 Å². The van der Waals surface area contributed by atoms with Crippen LogP contribution in [0.15, 0.2) is 108 Å². The maximum absolute atomic E-state index is 14.5. The molecule has 2 amide bonds. The average molecular weight is 614 g/mol. The van der Waals surface area contributed by atoms with Gasteiger partial charge in [-0.2, -0.15) is 0 Å². The monoisotopic (exact) mass is 613 g/mol. The maximum Gasteiger partial charge on any atom is 0.264 e. The number of amides is 2. The number of aryl methyl sites for hydroxylation is 2. The summed E-state index contributed by atoms with van der Waals surface area (Å²) in [5.74, 6) is -0.547. The molecule has 0 saturated carbocycles. The number of hydrogen-bond donors (Lipinski definition) is 1. The van der Waals surface area contributed by atoms with Crippen molar-refractivity contribution in [3.05, 3.63) is 125 Å². The molecule has 9 heteroatoms. The van der Waals surface area contributed by atoms with Gasteiger partial charge in [-0.05, 0) is 61.7 Å². The SMILES string of the molecule is CCOc1ccccc1N(CC(=O)N(Cc1ccccc1C)[C@@H](Cc1ccccc1)C(=O)NC)S(=O)(=O)c1ccc(C)cc1. The molecule has 0 aliphatic carbocycles. The second kappa shape index (κ2) is 14.7. The van der Waals surface area contributed by atoms with Crippen LogP contribution in [-0.4, -0.2) is 51.4 Å². The van der Waals surface area contributed by atoms with E-state index in [0.717, 1.165) is 26.6 Å². The van der Waals surface area contributed by atoms with Gasteiger partial charge in [0.1, 0.15) is 18.3 Å². The Balaban J connectivity index is 1.83. The molecule has 1 N–H and O–H groups in total. The van der Waals surface area contributed by atoms with Crippen LogP contribution in [0.1, 0.15) is 29.2 Å². The Kier molecular flexibility index (Phi) is 10.8. The van der Waals surface area contributed by atoms with Crippen molar-refractivity contribution in [1.29, 1.82) is 0 Å². The Hall–Kier alpha value is -4.63. The standard InChI is InChI=1S/C35H39N3O5S/c1-5-43-33-18-12-11-17-31(33)38(44(41,42)30-21-19-26(2)20-22-30)25-34(39)37(24-29-16-10-9-13-27(29)3)32(35(40)36-4)23-28-14-7-6-8-15-28/h6-22,32H,5,23-25H2,1-4H3,(H,36,40)/t32-/m0/s1. The number of nitrogens with zero attached hydrogens (tertiary/aromatic N) is 2. The lowest BCUT2D eigenvalue weighted by molar-refractivity contribution is -0.139. The van der Waals surface area contributed by atoms with Crippen molar-refractivity contribution in [3.63, 3.8) is 0 Å². The van der Waals surface area contributed by atoms with E-state index >= 15 is 0 Å². The molecule has 0 aliphatic rings. The predicted octanol–water partition coefficient (Wildman–Crippen LogP) is 5.28. The smallest absolute Gasteiger partial charge is 0.264 e. The first kappa shape index (κ1) is 32.3. The summed E-state index contributed by atoms with van der Waals surface area (Å²) in [6, 6.07) is 29.4. The van der Waals surface area contributed by atoms with E-state index in [1.54, 1.807) is 36.4 Å². The molecule has 44 heavy (non-hydrogen) atoms. The Morgan fingerprint density at radius 2 is 1.48 bits per heavy atom. The van der Waals surface area contributed by atoms with Gasteiger partial charge in [-0.15, -0.1) is 0 Å². The van der Waals surface area contributed by atoms with E-state index in [4.69, 9.17) is 4.74 Å². The zero-order valence-corrected chi connectivity index (χ0v) is 26.4. The van der Waals surface area contributed by atoms with E-state index < -0.39 is 28.5 Å². The molecule has 0 aromatic heterocycles. The zero-order chi connectivity index (χ0) is 31.7. The van der Waals surface area contributed by atoms with Crippen molar-refractivity contribution < 1.29 is 22.7 Å². The molecule has 4 aromatic rings. The molecule has 0 heterocycles. The number of hydrogen-bond acceptors (Lipinski definition) is 5. The first-order chi connectivity index (χ1) is 21.1. The lowest BCUT2D eigenvalue weighted by atomic mass is 10.0. The lowest BCUT2D eigenvalue weighted by Crippen LogP contribution is -2.53. The fourth-order valence-electron chi connectivity index (χ4n) is 4.98. The van der Waals surface area contributed by atoms with Crippen LogP contribution in [0.4, 0.5) is 5.69 Å². The lowest BCUT2D eigenvalue weighted by Gasteiger charge is -2.34. The van der Waals surface area contributed by atoms with Gasteiger partial charge in [-0.25, -0.2) is 8.42 Å². The Labute approximate surface area is 260 Å².